The number of amides is 1. The minimum absolute atomic E-state index is 0. The molecule has 0 aliphatic heterocycles. The topological polar surface area (TPSA) is 48.3 Å². The van der Waals surface area contributed by atoms with Crippen molar-refractivity contribution in [2.45, 2.75) is 0 Å². The van der Waals surface area contributed by atoms with E-state index >= 15 is 0 Å². The molecule has 1 aromatic heterocycles. The maximum atomic E-state index is 11.3. The van der Waals surface area contributed by atoms with Crippen molar-refractivity contribution < 1.29 is 34.4 Å². The first-order valence-corrected chi connectivity index (χ1v) is 4.05. The second-order valence-corrected chi connectivity index (χ2v) is 3.20. The molecule has 0 atom stereocenters. The van der Waals surface area contributed by atoms with E-state index in [1.54, 1.807) is 20.2 Å². The number of rotatable bonds is 1. The predicted molar refractivity (Wildman–Crippen MR) is 52.0 cm³/mol. The van der Waals surface area contributed by atoms with Gasteiger partial charge in [-0.15, -0.1) is 0 Å². The molecular weight excluding hydrogens is 211 g/mol. The van der Waals surface area contributed by atoms with Crippen LogP contribution in [0.25, 0.3) is 0 Å². The molecule has 0 saturated heterocycles. The van der Waals surface area contributed by atoms with Crippen molar-refractivity contribution in [2.75, 3.05) is 14.1 Å². The minimum atomic E-state index is -0.209. The first-order chi connectivity index (χ1) is 6.02. The van der Waals surface area contributed by atoms with Crippen LogP contribution in [0.2, 0.25) is 0 Å². The van der Waals surface area contributed by atoms with Gasteiger partial charge in [0, 0.05) is 20.3 Å². The Morgan fingerprint density at radius 2 is 2.07 bits per heavy atom. The summed E-state index contributed by atoms with van der Waals surface area (Å²) < 4.78 is 0.668. The van der Waals surface area contributed by atoms with Gasteiger partial charge in [-0.25, -0.2) is 0 Å². The van der Waals surface area contributed by atoms with Gasteiger partial charge in [0.25, 0.3) is 5.91 Å². The van der Waals surface area contributed by atoms with Crippen molar-refractivity contribution in [3.05, 3.63) is 33.7 Å². The van der Waals surface area contributed by atoms with E-state index in [0.717, 1.165) is 0 Å². The first kappa shape index (κ1) is 13.6. The first-order valence-electron chi connectivity index (χ1n) is 3.64. The number of carbonyl (C=O) groups is 1. The van der Waals surface area contributed by atoms with Crippen LogP contribution in [0.3, 0.4) is 0 Å². The van der Waals surface area contributed by atoms with Crippen LogP contribution in [0.15, 0.2) is 18.3 Å². The quantitative estimate of drug-likeness (QED) is 0.417. The molecule has 0 radical (unpaired) electrons. The van der Waals surface area contributed by atoms with E-state index < -0.39 is 0 Å². The van der Waals surface area contributed by atoms with Gasteiger partial charge in [0.05, 0.1) is 5.56 Å². The van der Waals surface area contributed by atoms with Crippen molar-refractivity contribution in [1.82, 2.24) is 9.63 Å². The van der Waals surface area contributed by atoms with E-state index in [2.05, 4.69) is 0 Å². The van der Waals surface area contributed by atoms with E-state index in [1.807, 2.05) is 0 Å². The smallest absolute Gasteiger partial charge is 0.805 e. The van der Waals surface area contributed by atoms with Crippen LogP contribution in [-0.4, -0.2) is 29.6 Å². The van der Waals surface area contributed by atoms with Crippen LogP contribution in [-0.2, 0) is 0 Å². The van der Waals surface area contributed by atoms with Crippen molar-refractivity contribution in [2.24, 2.45) is 0 Å². The zero-order chi connectivity index (χ0) is 10.0. The summed E-state index contributed by atoms with van der Waals surface area (Å²) in [6, 6.07) is 2.98. The number of aromatic nitrogens is 1. The molecule has 0 aromatic carbocycles. The third-order valence-corrected chi connectivity index (χ3v) is 1.85. The average Bonchev–Trinajstić information content (AvgIpc) is 2.08. The Morgan fingerprint density at radius 3 is 2.50 bits per heavy atom. The van der Waals surface area contributed by atoms with Crippen LogP contribution < -0.4 is 29.6 Å². The zero-order valence-corrected chi connectivity index (χ0v) is 11.2. The molecule has 1 amide bonds. The minimum Gasteiger partial charge on any atom is -0.805 e. The monoisotopic (exact) mass is 220 g/mol. The summed E-state index contributed by atoms with van der Waals surface area (Å²) in [4.78, 5) is 12.7. The van der Waals surface area contributed by atoms with Crippen LogP contribution in [0, 0.1) is 9.85 Å². The predicted octanol–water partition coefficient (Wildman–Crippen LogP) is -1.73. The molecule has 0 aliphatic rings. The van der Waals surface area contributed by atoms with Crippen LogP contribution >= 0.6 is 12.2 Å². The van der Waals surface area contributed by atoms with Gasteiger partial charge in [-0.1, -0.05) is 12.2 Å². The molecule has 0 fully saturated rings. The van der Waals surface area contributed by atoms with Crippen LogP contribution in [0.1, 0.15) is 10.4 Å². The molecule has 1 rings (SSSR count). The summed E-state index contributed by atoms with van der Waals surface area (Å²) in [5, 5.41) is 11.0. The molecule has 1 heterocycles. The average molecular weight is 220 g/mol. The number of nitrogens with zero attached hydrogens (tertiary/aromatic N) is 2. The maximum absolute atomic E-state index is 11.3. The van der Waals surface area contributed by atoms with E-state index in [4.69, 9.17) is 12.2 Å². The van der Waals surface area contributed by atoms with Crippen molar-refractivity contribution >= 4 is 18.1 Å². The molecule has 0 saturated carbocycles. The summed E-state index contributed by atoms with van der Waals surface area (Å²) >= 11 is 4.69. The van der Waals surface area contributed by atoms with E-state index in [0.29, 0.717) is 10.3 Å². The summed E-state index contributed by atoms with van der Waals surface area (Å²) in [7, 11) is 3.25. The molecule has 0 N–H and O–H groups in total. The summed E-state index contributed by atoms with van der Waals surface area (Å²) in [6.45, 7) is 0. The van der Waals surface area contributed by atoms with E-state index in [-0.39, 0.29) is 40.1 Å². The Bertz CT molecular complexity index is 389. The largest absolute Gasteiger partial charge is 1.00 e. The molecule has 0 spiro atoms. The van der Waals surface area contributed by atoms with Crippen molar-refractivity contribution in [1.29, 1.82) is 0 Å². The van der Waals surface area contributed by atoms with Crippen molar-refractivity contribution in [3.8, 4) is 0 Å². The molecule has 6 heteroatoms. The molecule has 1 aromatic rings. The Labute approximate surface area is 109 Å². The summed E-state index contributed by atoms with van der Waals surface area (Å²) in [6.07, 6.45) is 1.19. The summed E-state index contributed by atoms with van der Waals surface area (Å²) in [5.74, 6) is -0.209. The maximum Gasteiger partial charge on any atom is 1.00 e. The summed E-state index contributed by atoms with van der Waals surface area (Å²) in [5.41, 5.74) is 0.341. The van der Waals surface area contributed by atoms with Gasteiger partial charge in [0.15, 0.2) is 0 Å². The fourth-order valence-corrected chi connectivity index (χ4v) is 0.973. The number of hydrogen-bond acceptors (Lipinski definition) is 3. The van der Waals surface area contributed by atoms with Gasteiger partial charge < -0.3 is 14.8 Å². The fraction of sp³-hybridized carbons (Fsp3) is 0.250. The van der Waals surface area contributed by atoms with E-state index in [1.165, 1.54) is 17.2 Å². The number of carbonyl (C=O) groups excluding carboxylic acids is 1. The number of pyridine rings is 1. The van der Waals surface area contributed by atoms with Gasteiger partial charge in [-0.3, -0.25) is 4.79 Å². The molecular formula is C8H9N2NaO2S. The van der Waals surface area contributed by atoms with Crippen LogP contribution in [0.4, 0.5) is 0 Å². The second-order valence-electron chi connectivity index (χ2n) is 2.78. The zero-order valence-electron chi connectivity index (χ0n) is 8.35. The molecule has 0 unspecified atom stereocenters. The molecule has 14 heavy (non-hydrogen) atoms. The molecule has 0 aliphatic carbocycles. The molecule has 4 nitrogen and oxygen atoms in total. The third kappa shape index (κ3) is 3.09. The Hall–Kier alpha value is -0.360. The standard InChI is InChI=1S/C8H9N2O2S.Na/c1-9(2)8(11)6-3-4-7(13)10(12)5-6;/h3-5H,1-2H3;/q-1;+1. The number of hydrogen-bond donors (Lipinski definition) is 0. The van der Waals surface area contributed by atoms with Gasteiger partial charge in [-0.05, 0) is 12.1 Å². The van der Waals surface area contributed by atoms with Gasteiger partial charge >= 0.3 is 29.6 Å². The Morgan fingerprint density at radius 1 is 1.50 bits per heavy atom. The normalized spacial score (nSPS) is 9.00. The Kier molecular flexibility index (Phi) is 5.36. The van der Waals surface area contributed by atoms with Gasteiger partial charge in [0.1, 0.15) is 4.64 Å². The molecule has 0 bridgehead atoms. The van der Waals surface area contributed by atoms with Crippen LogP contribution in [0.5, 0.6) is 0 Å². The van der Waals surface area contributed by atoms with Crippen molar-refractivity contribution in [3.63, 3.8) is 0 Å². The Balaban J connectivity index is 0.00000169. The SMILES string of the molecule is CN(C)C(=O)c1ccc(=S)n([O-])c1.[Na+]. The van der Waals surface area contributed by atoms with Gasteiger partial charge in [0.2, 0.25) is 0 Å². The second kappa shape index (κ2) is 5.50. The third-order valence-electron chi connectivity index (χ3n) is 1.53. The fourth-order valence-electron chi connectivity index (χ4n) is 0.852. The van der Waals surface area contributed by atoms with Gasteiger partial charge in [-0.2, -0.15) is 0 Å². The molecule has 70 valence electrons. The van der Waals surface area contributed by atoms with E-state index in [9.17, 15) is 10.0 Å².